The Morgan fingerprint density at radius 1 is 1.13 bits per heavy atom. The smallest absolute Gasteiger partial charge is 0.433 e. The van der Waals surface area contributed by atoms with Gasteiger partial charge in [0.2, 0.25) is 5.89 Å². The normalized spacial score (nSPS) is 15.3. The number of hydrogen-bond acceptors (Lipinski definition) is 7. The quantitative estimate of drug-likeness (QED) is 0.356. The molecule has 4 aromatic rings. The van der Waals surface area contributed by atoms with E-state index in [0.717, 1.165) is 42.2 Å². The molecule has 0 saturated heterocycles. The Balaban J connectivity index is 1.50. The van der Waals surface area contributed by atoms with Crippen molar-refractivity contribution >= 4 is 16.8 Å². The van der Waals surface area contributed by atoms with Crippen LogP contribution in [-0.2, 0) is 19.1 Å². The van der Waals surface area contributed by atoms with Crippen LogP contribution in [0.4, 0.5) is 13.2 Å². The van der Waals surface area contributed by atoms with Crippen LogP contribution < -0.4 is 20.5 Å². The molecule has 1 aliphatic rings. The summed E-state index contributed by atoms with van der Waals surface area (Å²) < 4.78 is 56.3. The minimum absolute atomic E-state index is 0.00688. The van der Waals surface area contributed by atoms with Crippen LogP contribution in [0, 0.1) is 0 Å². The molecule has 0 radical (unpaired) electrons. The molecule has 0 spiro atoms. The Kier molecular flexibility index (Phi) is 6.70. The SMILES string of the molecule is COc1ccc2c(c1)CCCC2NC(=O)c1nc(-c2ccc(OC)c3nc(C(F)(F)F)ccc23)oc1CN. The first-order valence-electron chi connectivity index (χ1n) is 12.0. The monoisotopic (exact) mass is 526 g/mol. The van der Waals surface area contributed by atoms with E-state index in [2.05, 4.69) is 15.3 Å². The number of benzene rings is 2. The number of carbonyl (C=O) groups is 1. The topological polar surface area (TPSA) is 112 Å². The molecule has 1 atom stereocenters. The van der Waals surface area contributed by atoms with E-state index < -0.39 is 17.8 Å². The zero-order chi connectivity index (χ0) is 27.0. The van der Waals surface area contributed by atoms with Crippen LogP contribution in [0.15, 0.2) is 46.9 Å². The number of nitrogens with zero attached hydrogens (tertiary/aromatic N) is 2. The number of oxazole rings is 1. The number of aromatic nitrogens is 2. The molecular formula is C27H25F3N4O4. The predicted molar refractivity (Wildman–Crippen MR) is 133 cm³/mol. The zero-order valence-corrected chi connectivity index (χ0v) is 20.7. The Bertz CT molecular complexity index is 1520. The summed E-state index contributed by atoms with van der Waals surface area (Å²) in [7, 11) is 2.95. The standard InChI is InChI=1S/C27H25F3N4O4/c1-36-15-6-7-16-14(12-15)4-3-5-19(16)32-25(35)24-21(13-31)38-26(34-24)18-8-10-20(37-2)23-17(18)9-11-22(33-23)27(28,29)30/h6-12,19H,3-5,13,31H2,1-2H3,(H,32,35). The third kappa shape index (κ3) is 4.65. The number of fused-ring (bicyclic) bond motifs is 2. The summed E-state index contributed by atoms with van der Waals surface area (Å²) in [6, 6.07) is 10.8. The van der Waals surface area contributed by atoms with Crippen LogP contribution >= 0.6 is 0 Å². The number of nitrogens with two attached hydrogens (primary N) is 1. The molecule has 2 aromatic heterocycles. The third-order valence-electron chi connectivity index (χ3n) is 6.63. The van der Waals surface area contributed by atoms with E-state index in [9.17, 15) is 18.0 Å². The van der Waals surface area contributed by atoms with Gasteiger partial charge in [-0.1, -0.05) is 6.07 Å². The lowest BCUT2D eigenvalue weighted by molar-refractivity contribution is -0.140. The van der Waals surface area contributed by atoms with Crippen molar-refractivity contribution in [3.05, 3.63) is 70.7 Å². The molecule has 5 rings (SSSR count). The molecule has 11 heteroatoms. The van der Waals surface area contributed by atoms with Gasteiger partial charge in [0.05, 0.1) is 26.8 Å². The van der Waals surface area contributed by atoms with E-state index in [1.807, 2.05) is 18.2 Å². The van der Waals surface area contributed by atoms with Gasteiger partial charge in [-0.05, 0) is 66.8 Å². The minimum Gasteiger partial charge on any atom is -0.497 e. The highest BCUT2D eigenvalue weighted by atomic mass is 19.4. The van der Waals surface area contributed by atoms with Gasteiger partial charge >= 0.3 is 6.18 Å². The lowest BCUT2D eigenvalue weighted by Crippen LogP contribution is -2.32. The summed E-state index contributed by atoms with van der Waals surface area (Å²) in [5.41, 5.74) is 7.29. The van der Waals surface area contributed by atoms with Gasteiger partial charge in [-0.2, -0.15) is 13.2 Å². The van der Waals surface area contributed by atoms with Crippen LogP contribution in [0.3, 0.4) is 0 Å². The average Bonchev–Trinajstić information content (AvgIpc) is 3.36. The van der Waals surface area contributed by atoms with Gasteiger partial charge in [0.25, 0.3) is 5.91 Å². The average molecular weight is 527 g/mol. The second kappa shape index (κ2) is 9.97. The maximum atomic E-state index is 13.3. The number of nitrogens with one attached hydrogen (secondary N) is 1. The van der Waals surface area contributed by atoms with Crippen molar-refractivity contribution in [2.45, 2.75) is 38.0 Å². The number of hydrogen-bond donors (Lipinski definition) is 2. The summed E-state index contributed by atoms with van der Waals surface area (Å²) >= 11 is 0. The minimum atomic E-state index is -4.63. The first-order valence-corrected chi connectivity index (χ1v) is 12.0. The highest BCUT2D eigenvalue weighted by molar-refractivity contribution is 5.98. The van der Waals surface area contributed by atoms with E-state index in [1.165, 1.54) is 19.2 Å². The molecule has 0 saturated carbocycles. The molecular weight excluding hydrogens is 501 g/mol. The highest BCUT2D eigenvalue weighted by Crippen LogP contribution is 2.37. The first kappa shape index (κ1) is 25.5. The van der Waals surface area contributed by atoms with Crippen molar-refractivity contribution in [3.63, 3.8) is 0 Å². The maximum absolute atomic E-state index is 13.3. The highest BCUT2D eigenvalue weighted by Gasteiger charge is 2.33. The Morgan fingerprint density at radius 3 is 2.66 bits per heavy atom. The van der Waals surface area contributed by atoms with E-state index in [0.29, 0.717) is 10.9 Å². The molecule has 1 aliphatic carbocycles. The first-order chi connectivity index (χ1) is 18.2. The molecule has 1 amide bonds. The molecule has 2 heterocycles. The molecule has 3 N–H and O–H groups in total. The number of alkyl halides is 3. The van der Waals surface area contributed by atoms with Gasteiger partial charge in [-0.25, -0.2) is 9.97 Å². The fraction of sp³-hybridized carbons (Fsp3) is 0.296. The van der Waals surface area contributed by atoms with E-state index in [-0.39, 0.29) is 41.2 Å². The summed E-state index contributed by atoms with van der Waals surface area (Å²) in [6.07, 6.45) is -2.09. The summed E-state index contributed by atoms with van der Waals surface area (Å²) in [6.45, 7) is -0.0984. The number of methoxy groups -OCH3 is 2. The molecule has 0 bridgehead atoms. The number of aryl methyl sites for hydroxylation is 1. The molecule has 38 heavy (non-hydrogen) atoms. The van der Waals surface area contributed by atoms with Crippen molar-refractivity contribution < 1.29 is 31.9 Å². The van der Waals surface area contributed by atoms with Gasteiger partial charge < -0.3 is 24.9 Å². The number of halogens is 3. The van der Waals surface area contributed by atoms with Crippen LogP contribution in [0.25, 0.3) is 22.4 Å². The lowest BCUT2D eigenvalue weighted by atomic mass is 9.87. The van der Waals surface area contributed by atoms with Crippen LogP contribution in [0.2, 0.25) is 0 Å². The summed E-state index contributed by atoms with van der Waals surface area (Å²) in [5, 5.41) is 3.36. The zero-order valence-electron chi connectivity index (χ0n) is 20.7. The lowest BCUT2D eigenvalue weighted by Gasteiger charge is -2.26. The fourth-order valence-electron chi connectivity index (χ4n) is 4.78. The molecule has 0 aliphatic heterocycles. The Morgan fingerprint density at radius 2 is 1.95 bits per heavy atom. The van der Waals surface area contributed by atoms with Gasteiger partial charge in [-0.3, -0.25) is 4.79 Å². The summed E-state index contributed by atoms with van der Waals surface area (Å²) in [4.78, 5) is 21.5. The largest absolute Gasteiger partial charge is 0.497 e. The van der Waals surface area contributed by atoms with Gasteiger partial charge in [0, 0.05) is 10.9 Å². The van der Waals surface area contributed by atoms with Crippen molar-refractivity contribution in [2.24, 2.45) is 5.73 Å². The molecule has 198 valence electrons. The molecule has 0 fully saturated rings. The van der Waals surface area contributed by atoms with E-state index >= 15 is 0 Å². The second-order valence-electron chi connectivity index (χ2n) is 8.88. The van der Waals surface area contributed by atoms with E-state index in [4.69, 9.17) is 19.6 Å². The van der Waals surface area contributed by atoms with Crippen LogP contribution in [0.1, 0.15) is 52.0 Å². The van der Waals surface area contributed by atoms with Crippen molar-refractivity contribution in [1.82, 2.24) is 15.3 Å². The van der Waals surface area contributed by atoms with E-state index in [1.54, 1.807) is 13.2 Å². The van der Waals surface area contributed by atoms with Gasteiger partial charge in [0.15, 0.2) is 11.5 Å². The summed E-state index contributed by atoms with van der Waals surface area (Å²) in [5.74, 6) is 0.659. The number of amides is 1. The number of ether oxygens (including phenoxy) is 2. The van der Waals surface area contributed by atoms with Gasteiger partial charge in [0.1, 0.15) is 22.7 Å². The van der Waals surface area contributed by atoms with Crippen LogP contribution in [0.5, 0.6) is 11.5 Å². The molecule has 2 aromatic carbocycles. The fourth-order valence-corrected chi connectivity index (χ4v) is 4.78. The second-order valence-corrected chi connectivity index (χ2v) is 8.88. The number of rotatable bonds is 6. The Hall–Kier alpha value is -4.12. The Labute approximate surface area is 216 Å². The van der Waals surface area contributed by atoms with Crippen LogP contribution in [-0.4, -0.2) is 30.1 Å². The maximum Gasteiger partial charge on any atom is 0.433 e. The van der Waals surface area contributed by atoms with Crippen molar-refractivity contribution in [3.8, 4) is 23.0 Å². The number of pyridine rings is 1. The molecule has 1 unspecified atom stereocenters. The van der Waals surface area contributed by atoms with Gasteiger partial charge in [-0.15, -0.1) is 0 Å². The van der Waals surface area contributed by atoms with Crippen molar-refractivity contribution in [1.29, 1.82) is 0 Å². The third-order valence-corrected chi connectivity index (χ3v) is 6.63. The number of carbonyl (C=O) groups excluding carboxylic acids is 1. The molecule has 8 nitrogen and oxygen atoms in total. The predicted octanol–water partition coefficient (Wildman–Crippen LogP) is 5.19. The van der Waals surface area contributed by atoms with Crippen molar-refractivity contribution in [2.75, 3.05) is 14.2 Å².